The monoisotopic (exact) mass is 754 g/mol. The first-order valence-corrected chi connectivity index (χ1v) is 16.5. The summed E-state index contributed by atoms with van der Waals surface area (Å²) in [4.78, 5) is 30.8. The normalized spacial score (nSPS) is 12.9. The third-order valence-electron chi connectivity index (χ3n) is 8.73. The van der Waals surface area contributed by atoms with Crippen molar-refractivity contribution in [2.24, 2.45) is 0 Å². The maximum atomic E-state index is 14.9. The van der Waals surface area contributed by atoms with Crippen LogP contribution < -0.4 is 14.8 Å². The number of nitrogens with zero attached hydrogens (tertiary/aromatic N) is 5. The van der Waals surface area contributed by atoms with Gasteiger partial charge in [-0.1, -0.05) is 42.5 Å². The molecule has 0 saturated carbocycles. The van der Waals surface area contributed by atoms with Crippen molar-refractivity contribution in [2.45, 2.75) is 51.4 Å². The first-order chi connectivity index (χ1) is 25.6. The van der Waals surface area contributed by atoms with Crippen molar-refractivity contribution in [3.8, 4) is 11.5 Å². The SMILES string of the molecule is COc1ccc(CN(C(=O)c2ccccc2)N(Cc2ccc(OC)cc2)C(C)[C@H](C)n2ncc(C(=O)Nc3ccnc(C(F)(F)F)c3)c2C(F)(F)F)cc1. The Labute approximate surface area is 306 Å². The summed E-state index contributed by atoms with van der Waals surface area (Å²) in [6, 6.07) is 21.8. The molecule has 5 rings (SSSR count). The Morgan fingerprint density at radius 3 is 1.91 bits per heavy atom. The van der Waals surface area contributed by atoms with Gasteiger partial charge in [-0.3, -0.25) is 24.3 Å². The van der Waals surface area contributed by atoms with Crippen LogP contribution in [-0.2, 0) is 25.4 Å². The van der Waals surface area contributed by atoms with Crippen LogP contribution in [0.15, 0.2) is 103 Å². The van der Waals surface area contributed by atoms with E-state index in [9.17, 15) is 35.9 Å². The fourth-order valence-electron chi connectivity index (χ4n) is 5.72. The fraction of sp³-hybridized carbons (Fsp3) is 0.263. The Balaban J connectivity index is 1.57. The van der Waals surface area contributed by atoms with E-state index < -0.39 is 58.9 Å². The molecule has 1 N–H and O–H groups in total. The van der Waals surface area contributed by atoms with Crippen LogP contribution in [0.3, 0.4) is 0 Å². The summed E-state index contributed by atoms with van der Waals surface area (Å²) in [7, 11) is 3.02. The highest BCUT2D eigenvalue weighted by Gasteiger charge is 2.43. The van der Waals surface area contributed by atoms with Gasteiger partial charge in [0.15, 0.2) is 5.69 Å². The van der Waals surface area contributed by atoms with Crippen molar-refractivity contribution in [3.05, 3.63) is 137 Å². The van der Waals surface area contributed by atoms with Gasteiger partial charge in [0.05, 0.1) is 38.6 Å². The minimum absolute atomic E-state index is 0.00960. The van der Waals surface area contributed by atoms with Crippen LogP contribution >= 0.6 is 0 Å². The summed E-state index contributed by atoms with van der Waals surface area (Å²) in [5, 5.41) is 9.18. The topological polar surface area (TPSA) is 102 Å². The first-order valence-electron chi connectivity index (χ1n) is 16.5. The predicted molar refractivity (Wildman–Crippen MR) is 186 cm³/mol. The zero-order chi connectivity index (χ0) is 39.2. The van der Waals surface area contributed by atoms with E-state index in [2.05, 4.69) is 15.4 Å². The number of benzene rings is 3. The van der Waals surface area contributed by atoms with Crippen LogP contribution in [0.5, 0.6) is 11.5 Å². The maximum absolute atomic E-state index is 14.9. The molecule has 0 spiro atoms. The van der Waals surface area contributed by atoms with Gasteiger partial charge in [-0.25, -0.2) is 5.01 Å². The van der Waals surface area contributed by atoms with Crippen LogP contribution in [0.4, 0.5) is 32.0 Å². The molecule has 0 aliphatic rings. The Bertz CT molecular complexity index is 2040. The van der Waals surface area contributed by atoms with Gasteiger partial charge in [-0.2, -0.15) is 31.4 Å². The van der Waals surface area contributed by atoms with Gasteiger partial charge in [0.2, 0.25) is 0 Å². The predicted octanol–water partition coefficient (Wildman–Crippen LogP) is 8.29. The lowest BCUT2D eigenvalue weighted by atomic mass is 10.1. The molecule has 0 aliphatic carbocycles. The molecular formula is C38H36F6N6O4. The number of anilines is 1. The lowest BCUT2D eigenvalue weighted by Crippen LogP contribution is -2.52. The third-order valence-corrected chi connectivity index (χ3v) is 8.73. The number of aromatic nitrogens is 3. The van der Waals surface area contributed by atoms with E-state index in [4.69, 9.17) is 9.47 Å². The van der Waals surface area contributed by atoms with E-state index in [1.165, 1.54) is 26.2 Å². The zero-order valence-electron chi connectivity index (χ0n) is 29.5. The molecule has 16 heteroatoms. The Kier molecular flexibility index (Phi) is 11.9. The van der Waals surface area contributed by atoms with Crippen molar-refractivity contribution >= 4 is 17.5 Å². The quantitative estimate of drug-likeness (QED) is 0.0954. The standard InChI is InChI=1S/C38H36F6N6O4/c1-24(25(2)50-34(38(42,43)44)32(21-46-50)35(51)47-29-18-19-45-33(20-29)37(39,40)41)48(22-26-10-14-30(53-3)15-11-26)49(36(52)28-8-6-5-7-9-28)23-27-12-16-31(54-4)17-13-27/h5-21,24-25H,22-23H2,1-4H3,(H,45,47,51)/t24?,25-/m0/s1. The molecule has 2 amide bonds. The summed E-state index contributed by atoms with van der Waals surface area (Å²) in [6.07, 6.45) is -8.49. The molecule has 284 valence electrons. The number of hydrogen-bond donors (Lipinski definition) is 1. The molecule has 1 unspecified atom stereocenters. The minimum Gasteiger partial charge on any atom is -0.497 e. The molecule has 0 bridgehead atoms. The van der Waals surface area contributed by atoms with E-state index in [1.54, 1.807) is 90.8 Å². The van der Waals surface area contributed by atoms with Crippen molar-refractivity contribution in [1.82, 2.24) is 24.8 Å². The summed E-state index contributed by atoms with van der Waals surface area (Å²) in [6.45, 7) is 3.15. The lowest BCUT2D eigenvalue weighted by molar-refractivity contribution is -0.146. The van der Waals surface area contributed by atoms with E-state index in [1.807, 2.05) is 0 Å². The van der Waals surface area contributed by atoms with E-state index in [-0.39, 0.29) is 13.1 Å². The molecule has 3 aromatic carbocycles. The number of pyridine rings is 1. The summed E-state index contributed by atoms with van der Waals surface area (Å²) >= 11 is 0. The van der Waals surface area contributed by atoms with Gasteiger partial charge >= 0.3 is 12.4 Å². The number of methoxy groups -OCH3 is 2. The molecule has 2 aromatic heterocycles. The summed E-state index contributed by atoms with van der Waals surface area (Å²) in [5.41, 5.74) is -2.38. The Morgan fingerprint density at radius 1 is 0.796 bits per heavy atom. The third kappa shape index (κ3) is 9.17. The van der Waals surface area contributed by atoms with Crippen molar-refractivity contribution in [3.63, 3.8) is 0 Å². The average Bonchev–Trinajstić information content (AvgIpc) is 3.63. The number of halogens is 6. The van der Waals surface area contributed by atoms with E-state index in [0.717, 1.165) is 12.3 Å². The number of amides is 2. The molecule has 0 radical (unpaired) electrons. The van der Waals surface area contributed by atoms with Gasteiger partial charge in [-0.05, 0) is 73.5 Å². The van der Waals surface area contributed by atoms with Crippen molar-refractivity contribution < 1.29 is 45.4 Å². The maximum Gasteiger partial charge on any atom is 0.433 e. The second-order valence-electron chi connectivity index (χ2n) is 12.2. The highest BCUT2D eigenvalue weighted by molar-refractivity contribution is 6.05. The molecule has 0 aliphatic heterocycles. The fourth-order valence-corrected chi connectivity index (χ4v) is 5.72. The number of rotatable bonds is 13. The number of alkyl halides is 6. The number of carbonyl (C=O) groups excluding carboxylic acids is 2. The van der Waals surface area contributed by atoms with Gasteiger partial charge in [-0.15, -0.1) is 0 Å². The number of nitrogens with one attached hydrogen (secondary N) is 1. The van der Waals surface area contributed by atoms with Crippen molar-refractivity contribution in [2.75, 3.05) is 19.5 Å². The highest BCUT2D eigenvalue weighted by atomic mass is 19.4. The van der Waals surface area contributed by atoms with Gasteiger partial charge in [0.1, 0.15) is 17.2 Å². The van der Waals surface area contributed by atoms with Gasteiger partial charge in [0.25, 0.3) is 11.8 Å². The molecule has 54 heavy (non-hydrogen) atoms. The van der Waals surface area contributed by atoms with Crippen LogP contribution in [0.25, 0.3) is 0 Å². The van der Waals surface area contributed by atoms with Crippen LogP contribution in [0, 0.1) is 0 Å². The number of ether oxygens (including phenoxy) is 2. The lowest BCUT2D eigenvalue weighted by Gasteiger charge is -2.42. The number of hydrogen-bond acceptors (Lipinski definition) is 7. The second kappa shape index (κ2) is 16.4. The van der Waals surface area contributed by atoms with Gasteiger partial charge in [0, 0.05) is 30.0 Å². The molecule has 0 fully saturated rings. The van der Waals surface area contributed by atoms with Crippen LogP contribution in [0.1, 0.15) is 63.1 Å². The number of hydrazine groups is 1. The van der Waals surface area contributed by atoms with E-state index >= 15 is 0 Å². The Morgan fingerprint density at radius 2 is 1.37 bits per heavy atom. The highest BCUT2D eigenvalue weighted by Crippen LogP contribution is 2.36. The van der Waals surface area contributed by atoms with Crippen LogP contribution in [-0.4, -0.2) is 56.9 Å². The zero-order valence-corrected chi connectivity index (χ0v) is 29.5. The largest absolute Gasteiger partial charge is 0.497 e. The summed E-state index contributed by atoms with van der Waals surface area (Å²) < 4.78 is 95.5. The van der Waals surface area contributed by atoms with Gasteiger partial charge < -0.3 is 14.8 Å². The molecule has 10 nitrogen and oxygen atoms in total. The van der Waals surface area contributed by atoms with Crippen molar-refractivity contribution in [1.29, 1.82) is 0 Å². The first kappa shape index (κ1) is 39.3. The summed E-state index contributed by atoms with van der Waals surface area (Å²) in [5.74, 6) is -0.616. The smallest absolute Gasteiger partial charge is 0.433 e. The molecule has 5 aromatic rings. The van der Waals surface area contributed by atoms with E-state index in [0.29, 0.717) is 45.1 Å². The molecule has 0 saturated heterocycles. The molecule has 2 heterocycles. The van der Waals surface area contributed by atoms with Crippen LogP contribution in [0.2, 0.25) is 0 Å². The second-order valence-corrected chi connectivity index (χ2v) is 12.2. The minimum atomic E-state index is -5.13. The number of carbonyl (C=O) groups is 2. The average molecular weight is 755 g/mol. The molecule has 2 atom stereocenters. The molecular weight excluding hydrogens is 718 g/mol. The Hall–Kier alpha value is -5.90.